The lowest BCUT2D eigenvalue weighted by molar-refractivity contribution is 0.150. The van der Waals surface area contributed by atoms with Gasteiger partial charge in [-0.2, -0.15) is 0 Å². The van der Waals surface area contributed by atoms with Crippen molar-refractivity contribution in [1.29, 1.82) is 0 Å². The van der Waals surface area contributed by atoms with Crippen LogP contribution in [-0.4, -0.2) is 30.8 Å². The summed E-state index contributed by atoms with van der Waals surface area (Å²) in [6.07, 6.45) is 2.28. The number of aryl methyl sites for hydroxylation is 1. The number of amides is 2. The number of hydrogen-bond donors (Lipinski definition) is 2. The topological polar surface area (TPSA) is 63.2 Å². The van der Waals surface area contributed by atoms with Crippen LogP contribution in [0.4, 0.5) is 14.3 Å². The van der Waals surface area contributed by atoms with E-state index in [0.717, 1.165) is 10.4 Å². The van der Waals surface area contributed by atoms with Crippen molar-refractivity contribution in [3.05, 3.63) is 46.2 Å². The third-order valence-electron chi connectivity index (χ3n) is 3.12. The molecule has 5 nitrogen and oxygen atoms in total. The lowest BCUT2D eigenvalue weighted by Crippen LogP contribution is -2.31. The number of halogens is 1. The van der Waals surface area contributed by atoms with Crippen LogP contribution in [0, 0.1) is 12.7 Å². The van der Waals surface area contributed by atoms with Gasteiger partial charge < -0.3 is 10.1 Å². The first-order valence-electron chi connectivity index (χ1n) is 7.40. The van der Waals surface area contributed by atoms with Crippen LogP contribution in [0.25, 0.3) is 0 Å². The minimum absolute atomic E-state index is 0.209. The second kappa shape index (κ2) is 8.59. The number of nitrogens with zero attached hydrogens (tertiary/aromatic N) is 1. The van der Waals surface area contributed by atoms with Gasteiger partial charge in [-0.25, -0.2) is 14.2 Å². The number of nitrogens with one attached hydrogen (secondary N) is 2. The molecule has 0 aliphatic heterocycles. The van der Waals surface area contributed by atoms with E-state index >= 15 is 0 Å². The Kier molecular flexibility index (Phi) is 6.49. The Labute approximate surface area is 138 Å². The maximum atomic E-state index is 13.5. The minimum atomic E-state index is -0.313. The molecule has 2 N–H and O–H groups in total. The highest BCUT2D eigenvalue weighted by molar-refractivity contribution is 7.15. The fourth-order valence-electron chi connectivity index (χ4n) is 1.92. The van der Waals surface area contributed by atoms with E-state index < -0.39 is 0 Å². The smallest absolute Gasteiger partial charge is 0.321 e. The molecule has 0 unspecified atom stereocenters. The van der Waals surface area contributed by atoms with Crippen molar-refractivity contribution in [3.8, 4) is 0 Å². The average molecular weight is 337 g/mol. The second-order valence-electron chi connectivity index (χ2n) is 4.97. The number of urea groups is 1. The van der Waals surface area contributed by atoms with E-state index in [1.54, 1.807) is 19.2 Å². The summed E-state index contributed by atoms with van der Waals surface area (Å²) in [6.45, 7) is 5.18. The quantitative estimate of drug-likeness (QED) is 0.762. The maximum Gasteiger partial charge on any atom is 0.321 e. The summed E-state index contributed by atoms with van der Waals surface area (Å²) in [5.74, 6) is -0.209. The van der Waals surface area contributed by atoms with E-state index in [-0.39, 0.29) is 11.8 Å². The molecule has 2 aromatic rings. The Morgan fingerprint density at radius 3 is 3.00 bits per heavy atom. The van der Waals surface area contributed by atoms with Gasteiger partial charge in [0.2, 0.25) is 0 Å². The molecular weight excluding hydrogens is 317 g/mol. The van der Waals surface area contributed by atoms with Gasteiger partial charge in [0.1, 0.15) is 5.82 Å². The van der Waals surface area contributed by atoms with Gasteiger partial charge >= 0.3 is 6.03 Å². The summed E-state index contributed by atoms with van der Waals surface area (Å²) >= 11 is 1.37. The van der Waals surface area contributed by atoms with Gasteiger partial charge in [0.25, 0.3) is 0 Å². The van der Waals surface area contributed by atoms with E-state index in [1.807, 2.05) is 13.0 Å². The van der Waals surface area contributed by atoms with Crippen molar-refractivity contribution >= 4 is 22.5 Å². The standard InChI is InChI=1S/C16H20FN3O2S/c1-3-22-7-6-18-15(21)20-16-19-10-13(23-16)8-12-5-4-11(2)14(17)9-12/h4-5,9-10H,3,6-8H2,1-2H3,(H2,18,19,20,21). The van der Waals surface area contributed by atoms with Crippen molar-refractivity contribution in [2.45, 2.75) is 20.3 Å². The number of aromatic nitrogens is 1. The fourth-order valence-corrected chi connectivity index (χ4v) is 2.76. The summed E-state index contributed by atoms with van der Waals surface area (Å²) in [7, 11) is 0. The Morgan fingerprint density at radius 2 is 2.26 bits per heavy atom. The molecular formula is C16H20FN3O2S. The van der Waals surface area contributed by atoms with E-state index in [9.17, 15) is 9.18 Å². The summed E-state index contributed by atoms with van der Waals surface area (Å²) in [6, 6.07) is 4.87. The average Bonchev–Trinajstić information content (AvgIpc) is 2.94. The Morgan fingerprint density at radius 1 is 1.43 bits per heavy atom. The number of rotatable bonds is 7. The van der Waals surface area contributed by atoms with Crippen LogP contribution in [0.15, 0.2) is 24.4 Å². The highest BCUT2D eigenvalue weighted by Crippen LogP contribution is 2.22. The molecule has 23 heavy (non-hydrogen) atoms. The Balaban J connectivity index is 1.85. The summed E-state index contributed by atoms with van der Waals surface area (Å²) in [4.78, 5) is 16.8. The summed E-state index contributed by atoms with van der Waals surface area (Å²) < 4.78 is 18.7. The summed E-state index contributed by atoms with van der Waals surface area (Å²) in [5, 5.41) is 5.87. The molecule has 7 heteroatoms. The van der Waals surface area contributed by atoms with Gasteiger partial charge in [-0.05, 0) is 31.0 Å². The van der Waals surface area contributed by atoms with Gasteiger partial charge in [-0.15, -0.1) is 11.3 Å². The molecule has 1 aromatic carbocycles. The van der Waals surface area contributed by atoms with Crippen LogP contribution in [0.1, 0.15) is 22.9 Å². The number of anilines is 1. The predicted octanol–water partition coefficient (Wildman–Crippen LogP) is 3.34. The molecule has 124 valence electrons. The van der Waals surface area contributed by atoms with Crippen LogP contribution >= 0.6 is 11.3 Å². The third-order valence-corrected chi connectivity index (χ3v) is 4.04. The lowest BCUT2D eigenvalue weighted by atomic mass is 10.1. The van der Waals surface area contributed by atoms with Crippen molar-refractivity contribution in [2.75, 3.05) is 25.1 Å². The van der Waals surface area contributed by atoms with Crippen LogP contribution in [0.5, 0.6) is 0 Å². The predicted molar refractivity (Wildman–Crippen MR) is 89.6 cm³/mol. The van der Waals surface area contributed by atoms with E-state index in [0.29, 0.717) is 36.9 Å². The molecule has 0 saturated heterocycles. The molecule has 0 saturated carbocycles. The van der Waals surface area contributed by atoms with Crippen molar-refractivity contribution in [1.82, 2.24) is 10.3 Å². The minimum Gasteiger partial charge on any atom is -0.380 e. The number of hydrogen-bond acceptors (Lipinski definition) is 4. The van der Waals surface area contributed by atoms with Gasteiger partial charge in [0, 0.05) is 30.6 Å². The van der Waals surface area contributed by atoms with Crippen molar-refractivity contribution < 1.29 is 13.9 Å². The number of carbonyl (C=O) groups is 1. The number of thiazole rings is 1. The van der Waals surface area contributed by atoms with E-state index in [4.69, 9.17) is 4.74 Å². The maximum absolute atomic E-state index is 13.5. The van der Waals surface area contributed by atoms with Crippen LogP contribution < -0.4 is 10.6 Å². The molecule has 0 fully saturated rings. The fraction of sp³-hybridized carbons (Fsp3) is 0.375. The normalized spacial score (nSPS) is 10.6. The third kappa shape index (κ3) is 5.61. The second-order valence-corrected chi connectivity index (χ2v) is 6.09. The molecule has 0 bridgehead atoms. The molecule has 2 amide bonds. The zero-order valence-electron chi connectivity index (χ0n) is 13.2. The SMILES string of the molecule is CCOCCNC(=O)Nc1ncc(Cc2ccc(C)c(F)c2)s1. The van der Waals surface area contributed by atoms with Gasteiger partial charge in [-0.1, -0.05) is 12.1 Å². The van der Waals surface area contributed by atoms with Crippen molar-refractivity contribution in [2.24, 2.45) is 0 Å². The molecule has 0 radical (unpaired) electrons. The lowest BCUT2D eigenvalue weighted by Gasteiger charge is -2.05. The van der Waals surface area contributed by atoms with Crippen LogP contribution in [-0.2, 0) is 11.2 Å². The Bertz CT molecular complexity index is 661. The van der Waals surface area contributed by atoms with Crippen LogP contribution in [0.3, 0.4) is 0 Å². The molecule has 0 spiro atoms. The first kappa shape index (κ1) is 17.4. The van der Waals surface area contributed by atoms with Crippen molar-refractivity contribution in [3.63, 3.8) is 0 Å². The highest BCUT2D eigenvalue weighted by atomic mass is 32.1. The highest BCUT2D eigenvalue weighted by Gasteiger charge is 2.08. The first-order valence-corrected chi connectivity index (χ1v) is 8.22. The summed E-state index contributed by atoms with van der Waals surface area (Å²) in [5.41, 5.74) is 1.51. The molecule has 1 aromatic heterocycles. The molecule has 2 rings (SSSR count). The number of carbonyl (C=O) groups excluding carboxylic acids is 1. The molecule has 0 atom stereocenters. The van der Waals surface area contributed by atoms with E-state index in [2.05, 4.69) is 15.6 Å². The zero-order valence-corrected chi connectivity index (χ0v) is 14.0. The Hall–Kier alpha value is -1.99. The zero-order chi connectivity index (χ0) is 16.7. The van der Waals surface area contributed by atoms with Gasteiger partial charge in [0.05, 0.1) is 6.61 Å². The number of ether oxygens (including phenoxy) is 1. The van der Waals surface area contributed by atoms with Gasteiger partial charge in [-0.3, -0.25) is 5.32 Å². The number of benzene rings is 1. The molecule has 0 aliphatic carbocycles. The van der Waals surface area contributed by atoms with Crippen LogP contribution in [0.2, 0.25) is 0 Å². The first-order chi connectivity index (χ1) is 11.1. The molecule has 0 aliphatic rings. The van der Waals surface area contributed by atoms with E-state index in [1.165, 1.54) is 17.4 Å². The monoisotopic (exact) mass is 337 g/mol. The molecule has 1 heterocycles. The van der Waals surface area contributed by atoms with Gasteiger partial charge in [0.15, 0.2) is 5.13 Å². The largest absolute Gasteiger partial charge is 0.380 e.